The molecule has 0 aromatic heterocycles. The molecule has 0 spiro atoms. The van der Waals surface area contributed by atoms with Crippen LogP contribution in [-0.4, -0.2) is 39.1 Å². The van der Waals surface area contributed by atoms with E-state index in [1.807, 2.05) is 0 Å². The van der Waals surface area contributed by atoms with Crippen LogP contribution in [0.15, 0.2) is 105 Å². The number of nitrogens with one attached hydrogen (secondary N) is 2. The molecule has 4 nitrogen and oxygen atoms in total. The fraction of sp³-hybridized carbons (Fsp3) is 0.333. The molecule has 2 heterocycles. The van der Waals surface area contributed by atoms with Crippen molar-refractivity contribution in [3.8, 4) is 0 Å². The lowest BCUT2D eigenvalue weighted by Gasteiger charge is -2.47. The van der Waals surface area contributed by atoms with Gasteiger partial charge in [0.2, 0.25) is 0 Å². The van der Waals surface area contributed by atoms with E-state index in [4.69, 9.17) is 0 Å². The van der Waals surface area contributed by atoms with Crippen LogP contribution in [0.5, 0.6) is 0 Å². The molecule has 4 aliphatic rings. The highest BCUT2D eigenvalue weighted by atomic mass is 32.2. The predicted molar refractivity (Wildman–Crippen MR) is 163 cm³/mol. The summed E-state index contributed by atoms with van der Waals surface area (Å²) in [7, 11) is 0. The van der Waals surface area contributed by atoms with Crippen molar-refractivity contribution in [1.82, 2.24) is 10.6 Å². The third kappa shape index (κ3) is 4.38. The Morgan fingerprint density at radius 3 is 1.29 bits per heavy atom. The van der Waals surface area contributed by atoms with E-state index in [1.165, 1.54) is 13.8 Å². The molecule has 1 saturated carbocycles. The van der Waals surface area contributed by atoms with Crippen molar-refractivity contribution in [3.63, 3.8) is 0 Å². The first-order valence-electron chi connectivity index (χ1n) is 14.1. The van der Waals surface area contributed by atoms with Crippen molar-refractivity contribution >= 4 is 35.3 Å². The molecule has 1 fully saturated rings. The Kier molecular flexibility index (Phi) is 7.24. The molecular formula is C33H28F6N2O2S2. The Hall–Kier alpha value is -3.38. The minimum absolute atomic E-state index is 0.0878. The largest absolute Gasteiger partial charge is 0.380 e. The van der Waals surface area contributed by atoms with E-state index < -0.39 is 73.5 Å². The molecule has 0 radical (unpaired) electrons. The number of fused-ring (bicyclic) bond motifs is 4. The maximum Gasteiger partial charge on any atom is 0.380 e. The van der Waals surface area contributed by atoms with Gasteiger partial charge in [-0.3, -0.25) is 9.59 Å². The number of hydrogen-bond acceptors (Lipinski definition) is 4. The molecule has 4 atom stereocenters. The lowest BCUT2D eigenvalue weighted by Crippen LogP contribution is -2.49. The molecule has 2 aliphatic heterocycles. The fourth-order valence-corrected chi connectivity index (χ4v) is 9.26. The third-order valence-corrected chi connectivity index (χ3v) is 12.3. The van der Waals surface area contributed by atoms with Crippen LogP contribution >= 0.6 is 23.5 Å². The summed E-state index contributed by atoms with van der Waals surface area (Å²) in [5.41, 5.74) is -2.42. The smallest absolute Gasteiger partial charge is 0.345 e. The van der Waals surface area contributed by atoms with E-state index in [1.54, 1.807) is 74.5 Å². The van der Waals surface area contributed by atoms with Crippen LogP contribution in [0.2, 0.25) is 0 Å². The zero-order chi connectivity index (χ0) is 32.7. The summed E-state index contributed by atoms with van der Waals surface area (Å²) in [6, 6.07) is 16.8. The molecule has 0 bridgehead atoms. The topological polar surface area (TPSA) is 58.2 Å². The van der Waals surface area contributed by atoms with E-state index in [0.29, 0.717) is 0 Å². The highest BCUT2D eigenvalue weighted by Crippen LogP contribution is 2.74. The van der Waals surface area contributed by atoms with E-state index in [-0.39, 0.29) is 9.81 Å². The molecule has 2 amide bonds. The molecule has 12 heteroatoms. The summed E-state index contributed by atoms with van der Waals surface area (Å²) in [6.45, 7) is 6.36. The van der Waals surface area contributed by atoms with Crippen molar-refractivity contribution < 1.29 is 35.9 Å². The minimum atomic E-state index is -5.74. The van der Waals surface area contributed by atoms with Gasteiger partial charge in [0.1, 0.15) is 0 Å². The molecule has 0 unspecified atom stereocenters. The quantitative estimate of drug-likeness (QED) is 0.308. The summed E-state index contributed by atoms with van der Waals surface area (Å²) < 4.78 is 89.0. The first-order chi connectivity index (χ1) is 21.0. The second-order valence-electron chi connectivity index (χ2n) is 11.8. The lowest BCUT2D eigenvalue weighted by atomic mass is 9.71. The van der Waals surface area contributed by atoms with Gasteiger partial charge in [-0.25, -0.2) is 0 Å². The van der Waals surface area contributed by atoms with Crippen LogP contribution in [0, 0.1) is 0 Å². The fourth-order valence-electron chi connectivity index (χ4n) is 6.32. The molecule has 2 aromatic rings. The second kappa shape index (κ2) is 10.3. The Bertz CT molecular complexity index is 1610. The van der Waals surface area contributed by atoms with E-state index in [9.17, 15) is 9.59 Å². The van der Waals surface area contributed by atoms with Crippen molar-refractivity contribution in [2.45, 2.75) is 67.0 Å². The van der Waals surface area contributed by atoms with Gasteiger partial charge >= 0.3 is 17.8 Å². The van der Waals surface area contributed by atoms with E-state index in [2.05, 4.69) is 10.6 Å². The average molecular weight is 663 g/mol. The highest BCUT2D eigenvalue weighted by Gasteiger charge is 2.84. The summed E-state index contributed by atoms with van der Waals surface area (Å²) in [5.74, 6) is -17.6. The Morgan fingerprint density at radius 2 is 0.956 bits per heavy atom. The Morgan fingerprint density at radius 1 is 0.622 bits per heavy atom. The van der Waals surface area contributed by atoms with Crippen molar-refractivity contribution in [2.24, 2.45) is 0 Å². The van der Waals surface area contributed by atoms with Crippen LogP contribution in [0.1, 0.15) is 50.9 Å². The van der Waals surface area contributed by atoms with Crippen molar-refractivity contribution in [3.05, 3.63) is 116 Å². The predicted octanol–water partition coefficient (Wildman–Crippen LogP) is 8.05. The molecule has 6 rings (SSSR count). The number of benzene rings is 2. The number of rotatable bonds is 6. The molecule has 236 valence electrons. The summed E-state index contributed by atoms with van der Waals surface area (Å²) in [4.78, 5) is 26.7. The van der Waals surface area contributed by atoms with Crippen molar-refractivity contribution in [1.29, 1.82) is 0 Å². The van der Waals surface area contributed by atoms with Crippen LogP contribution in [0.4, 0.5) is 26.3 Å². The van der Waals surface area contributed by atoms with Gasteiger partial charge in [-0.2, -0.15) is 26.3 Å². The summed E-state index contributed by atoms with van der Waals surface area (Å²) in [6.07, 6.45) is 2.05. The van der Waals surface area contributed by atoms with Gasteiger partial charge in [-0.15, -0.1) is 23.5 Å². The number of amides is 2. The highest BCUT2D eigenvalue weighted by molar-refractivity contribution is 8.10. The number of alkyl halides is 6. The normalized spacial score (nSPS) is 28.4. The molecule has 0 saturated heterocycles. The lowest BCUT2D eigenvalue weighted by molar-refractivity contribution is -0.258. The maximum atomic E-state index is 15.6. The van der Waals surface area contributed by atoms with Gasteiger partial charge in [0, 0.05) is 11.1 Å². The number of thioether (sulfide) groups is 2. The standard InChI is InChI=1S/C33H28F6N2O2S2/c1-17(19-11-7-5-8-12-19)40-27(42)23-15-21-25-26(32(36,37)33(38,39)31(25,34)35)22-16-24(45-30(22,4)29(21,3)44-23)28(43)41-18(2)20-13-9-6-10-14-20/h5-18H,1-4H3,(H,40,42)(H,41,43)/t17-,18-,29+,30+/m1/s1. The van der Waals surface area contributed by atoms with Gasteiger partial charge in [0.05, 0.1) is 31.4 Å². The number of halogens is 6. The zero-order valence-electron chi connectivity index (χ0n) is 24.5. The van der Waals surface area contributed by atoms with E-state index in [0.717, 1.165) is 46.8 Å². The maximum absolute atomic E-state index is 15.6. The molecule has 2 aliphatic carbocycles. The Balaban J connectivity index is 1.44. The number of hydrogen-bond donors (Lipinski definition) is 2. The van der Waals surface area contributed by atoms with Crippen LogP contribution in [0.3, 0.4) is 0 Å². The van der Waals surface area contributed by atoms with Gasteiger partial charge in [-0.1, -0.05) is 60.7 Å². The number of allylic oxidation sites excluding steroid dienone is 4. The van der Waals surface area contributed by atoms with Crippen LogP contribution < -0.4 is 10.6 Å². The van der Waals surface area contributed by atoms with Crippen LogP contribution in [-0.2, 0) is 9.59 Å². The van der Waals surface area contributed by atoms with Gasteiger partial charge in [0.25, 0.3) is 11.8 Å². The zero-order valence-corrected chi connectivity index (χ0v) is 26.1. The van der Waals surface area contributed by atoms with Gasteiger partial charge < -0.3 is 10.6 Å². The first-order valence-corrected chi connectivity index (χ1v) is 15.8. The monoisotopic (exact) mass is 662 g/mol. The number of carbonyl (C=O) groups is 2. The molecule has 45 heavy (non-hydrogen) atoms. The first kappa shape index (κ1) is 31.6. The van der Waals surface area contributed by atoms with Crippen molar-refractivity contribution in [2.75, 3.05) is 0 Å². The summed E-state index contributed by atoms with van der Waals surface area (Å²) in [5, 5.41) is 5.56. The molecule has 2 aromatic carbocycles. The number of carbonyl (C=O) groups excluding carboxylic acids is 2. The Labute approximate surface area is 264 Å². The minimum Gasteiger partial charge on any atom is -0.345 e. The second-order valence-corrected chi connectivity index (χ2v) is 14.7. The summed E-state index contributed by atoms with van der Waals surface area (Å²) >= 11 is 1.68. The third-order valence-electron chi connectivity index (χ3n) is 9.06. The van der Waals surface area contributed by atoms with Gasteiger partial charge in [0.15, 0.2) is 0 Å². The van der Waals surface area contributed by atoms with E-state index >= 15 is 26.3 Å². The van der Waals surface area contributed by atoms with Gasteiger partial charge in [-0.05, 0) is 62.1 Å². The van der Waals surface area contributed by atoms with Crippen LogP contribution in [0.25, 0.3) is 0 Å². The molecule has 2 N–H and O–H groups in total. The average Bonchev–Trinajstić information content (AvgIpc) is 3.58. The SMILES string of the molecule is C[C@@H](NC(=O)C1=CC2=C3C(=C4C=C(C(=O)N[C@H](C)c5ccccc5)S[C@]4(C)[C@@]2(C)S1)C(F)(F)C(F)(F)C3(F)F)c1ccccc1. The molecular weight excluding hydrogens is 634 g/mol.